The van der Waals surface area contributed by atoms with Crippen LogP contribution in [0.5, 0.6) is 0 Å². The number of hydrogen-bond donors (Lipinski definition) is 1. The number of carboxylic acids is 1. The Morgan fingerprint density at radius 1 is 1.24 bits per heavy atom. The highest BCUT2D eigenvalue weighted by Crippen LogP contribution is 2.29. The zero-order valence-corrected chi connectivity index (χ0v) is 12.0. The van der Waals surface area contributed by atoms with Crippen LogP contribution in [0.2, 0.25) is 0 Å². The minimum absolute atomic E-state index is 0.459. The molecular formula is C13H10Br2O2. The van der Waals surface area contributed by atoms with Crippen molar-refractivity contribution in [3.63, 3.8) is 0 Å². The molecule has 0 aliphatic heterocycles. The summed E-state index contributed by atoms with van der Waals surface area (Å²) < 4.78 is 0.973. The highest BCUT2D eigenvalue weighted by molar-refractivity contribution is 9.10. The molecule has 2 aromatic rings. The molecule has 0 radical (unpaired) electrons. The Bertz CT molecular complexity index is 566. The molecule has 1 N–H and O–H groups in total. The van der Waals surface area contributed by atoms with Gasteiger partial charge in [0.05, 0.1) is 0 Å². The SMILES string of the molecule is O=C(O)[C@@H](Br)Cc1ccc2ccccc2c1Br. The summed E-state index contributed by atoms with van der Waals surface area (Å²) in [5.41, 5.74) is 0.993. The Morgan fingerprint density at radius 3 is 2.65 bits per heavy atom. The maximum absolute atomic E-state index is 10.8. The number of aliphatic carboxylic acids is 1. The Hall–Kier alpha value is -0.870. The summed E-state index contributed by atoms with van der Waals surface area (Å²) in [6.07, 6.45) is 0.459. The van der Waals surface area contributed by atoms with Crippen LogP contribution in [0.3, 0.4) is 0 Å². The number of hydrogen-bond acceptors (Lipinski definition) is 1. The van der Waals surface area contributed by atoms with Gasteiger partial charge in [-0.15, -0.1) is 0 Å². The van der Waals surface area contributed by atoms with E-state index in [9.17, 15) is 4.79 Å². The van der Waals surface area contributed by atoms with Crippen LogP contribution in [-0.4, -0.2) is 15.9 Å². The van der Waals surface area contributed by atoms with Gasteiger partial charge in [0.15, 0.2) is 0 Å². The third kappa shape index (κ3) is 2.69. The van der Waals surface area contributed by atoms with E-state index < -0.39 is 10.8 Å². The molecule has 0 saturated carbocycles. The number of fused-ring (bicyclic) bond motifs is 1. The molecule has 0 aromatic heterocycles. The first-order valence-electron chi connectivity index (χ1n) is 5.12. The first-order valence-corrected chi connectivity index (χ1v) is 6.83. The summed E-state index contributed by atoms with van der Waals surface area (Å²) in [5.74, 6) is -0.843. The molecule has 2 rings (SSSR count). The van der Waals surface area contributed by atoms with Crippen LogP contribution in [0, 0.1) is 0 Å². The van der Waals surface area contributed by atoms with Crippen molar-refractivity contribution in [2.45, 2.75) is 11.2 Å². The van der Waals surface area contributed by atoms with E-state index >= 15 is 0 Å². The minimum atomic E-state index is -0.843. The Kier molecular flexibility index (Phi) is 3.84. The summed E-state index contributed by atoms with van der Waals surface area (Å²) >= 11 is 6.70. The van der Waals surface area contributed by atoms with Gasteiger partial charge >= 0.3 is 5.97 Å². The van der Waals surface area contributed by atoms with Crippen molar-refractivity contribution < 1.29 is 9.90 Å². The monoisotopic (exact) mass is 356 g/mol. The van der Waals surface area contributed by atoms with Crippen molar-refractivity contribution in [2.75, 3.05) is 0 Å². The van der Waals surface area contributed by atoms with Crippen LogP contribution in [0.25, 0.3) is 10.8 Å². The molecule has 17 heavy (non-hydrogen) atoms. The van der Waals surface area contributed by atoms with Crippen LogP contribution < -0.4 is 0 Å². The minimum Gasteiger partial charge on any atom is -0.480 e. The summed E-state index contributed by atoms with van der Waals surface area (Å²) in [4.78, 5) is 10.3. The van der Waals surface area contributed by atoms with E-state index in [2.05, 4.69) is 31.9 Å². The maximum atomic E-state index is 10.8. The fourth-order valence-electron chi connectivity index (χ4n) is 1.72. The number of carbonyl (C=O) groups is 1. The van der Waals surface area contributed by atoms with E-state index in [4.69, 9.17) is 5.11 Å². The van der Waals surface area contributed by atoms with Gasteiger partial charge in [-0.3, -0.25) is 4.79 Å². The van der Waals surface area contributed by atoms with Gasteiger partial charge in [0.2, 0.25) is 0 Å². The number of rotatable bonds is 3. The molecule has 0 amide bonds. The van der Waals surface area contributed by atoms with E-state index in [0.717, 1.165) is 20.8 Å². The molecule has 0 spiro atoms. The molecule has 0 bridgehead atoms. The molecule has 0 heterocycles. The van der Waals surface area contributed by atoms with Gasteiger partial charge in [0.25, 0.3) is 0 Å². The molecule has 0 aliphatic carbocycles. The second kappa shape index (κ2) is 5.19. The Balaban J connectivity index is 2.42. The van der Waals surface area contributed by atoms with Crippen molar-refractivity contribution in [1.29, 1.82) is 0 Å². The van der Waals surface area contributed by atoms with E-state index in [1.165, 1.54) is 0 Å². The summed E-state index contributed by atoms with van der Waals surface area (Å²) in [6, 6.07) is 12.0. The zero-order valence-electron chi connectivity index (χ0n) is 8.86. The van der Waals surface area contributed by atoms with Crippen LogP contribution in [0.4, 0.5) is 0 Å². The second-order valence-corrected chi connectivity index (χ2v) is 5.67. The lowest BCUT2D eigenvalue weighted by atomic mass is 10.0. The van der Waals surface area contributed by atoms with Gasteiger partial charge in [0.1, 0.15) is 4.83 Å². The van der Waals surface area contributed by atoms with Gasteiger partial charge in [0, 0.05) is 4.47 Å². The topological polar surface area (TPSA) is 37.3 Å². The lowest BCUT2D eigenvalue weighted by Crippen LogP contribution is -2.15. The van der Waals surface area contributed by atoms with Crippen LogP contribution in [0.1, 0.15) is 5.56 Å². The number of benzene rings is 2. The molecule has 2 aromatic carbocycles. The van der Waals surface area contributed by atoms with Gasteiger partial charge in [-0.1, -0.05) is 52.3 Å². The van der Waals surface area contributed by atoms with E-state index in [-0.39, 0.29) is 0 Å². The lowest BCUT2D eigenvalue weighted by Gasteiger charge is -2.09. The fourth-order valence-corrected chi connectivity index (χ4v) is 2.72. The Morgan fingerprint density at radius 2 is 1.94 bits per heavy atom. The quantitative estimate of drug-likeness (QED) is 0.843. The molecule has 0 aliphatic rings. The van der Waals surface area contributed by atoms with Crippen molar-refractivity contribution >= 4 is 48.6 Å². The number of carboxylic acid groups (broad SMARTS) is 1. The summed E-state index contributed by atoms with van der Waals surface area (Å²) in [7, 11) is 0. The third-order valence-electron chi connectivity index (χ3n) is 2.61. The largest absolute Gasteiger partial charge is 0.480 e. The van der Waals surface area contributed by atoms with Crippen molar-refractivity contribution in [3.05, 3.63) is 46.4 Å². The molecular weight excluding hydrogens is 348 g/mol. The lowest BCUT2D eigenvalue weighted by molar-refractivity contribution is -0.136. The number of alkyl halides is 1. The molecule has 0 fully saturated rings. The van der Waals surface area contributed by atoms with Crippen LogP contribution >= 0.6 is 31.9 Å². The van der Waals surface area contributed by atoms with Gasteiger partial charge in [-0.05, 0) is 38.7 Å². The van der Waals surface area contributed by atoms with Crippen LogP contribution in [0.15, 0.2) is 40.9 Å². The molecule has 0 saturated heterocycles. The standard InChI is InChI=1S/C13H10Br2O2/c14-11(13(16)17)7-9-6-5-8-3-1-2-4-10(8)12(9)15/h1-6,11H,7H2,(H,16,17)/t11-/m0/s1. The predicted molar refractivity (Wildman–Crippen MR) is 75.7 cm³/mol. The number of halogens is 2. The summed E-state index contributed by atoms with van der Waals surface area (Å²) in [5, 5.41) is 11.1. The third-order valence-corrected chi connectivity index (χ3v) is 4.26. The van der Waals surface area contributed by atoms with E-state index in [1.807, 2.05) is 36.4 Å². The van der Waals surface area contributed by atoms with Gasteiger partial charge in [-0.25, -0.2) is 0 Å². The van der Waals surface area contributed by atoms with Gasteiger partial charge < -0.3 is 5.11 Å². The van der Waals surface area contributed by atoms with E-state index in [0.29, 0.717) is 6.42 Å². The molecule has 4 heteroatoms. The predicted octanol–water partition coefficient (Wildman–Crippen LogP) is 3.99. The van der Waals surface area contributed by atoms with Crippen molar-refractivity contribution in [2.24, 2.45) is 0 Å². The maximum Gasteiger partial charge on any atom is 0.317 e. The fraction of sp³-hybridized carbons (Fsp3) is 0.154. The highest BCUT2D eigenvalue weighted by atomic mass is 79.9. The average molecular weight is 358 g/mol. The van der Waals surface area contributed by atoms with Crippen LogP contribution in [-0.2, 0) is 11.2 Å². The molecule has 0 unspecified atom stereocenters. The van der Waals surface area contributed by atoms with E-state index in [1.54, 1.807) is 0 Å². The Labute approximate surface area is 116 Å². The molecule has 2 nitrogen and oxygen atoms in total. The summed E-state index contributed by atoms with van der Waals surface area (Å²) in [6.45, 7) is 0. The second-order valence-electron chi connectivity index (χ2n) is 3.77. The normalized spacial score (nSPS) is 12.6. The van der Waals surface area contributed by atoms with Crippen molar-refractivity contribution in [3.8, 4) is 0 Å². The molecule has 1 atom stereocenters. The van der Waals surface area contributed by atoms with Crippen molar-refractivity contribution in [1.82, 2.24) is 0 Å². The highest BCUT2D eigenvalue weighted by Gasteiger charge is 2.16. The zero-order chi connectivity index (χ0) is 12.4. The average Bonchev–Trinajstić information content (AvgIpc) is 2.33. The molecule has 88 valence electrons. The first-order chi connectivity index (χ1) is 8.09. The first kappa shape index (κ1) is 12.6. The smallest absolute Gasteiger partial charge is 0.317 e. The van der Waals surface area contributed by atoms with Gasteiger partial charge in [-0.2, -0.15) is 0 Å².